The molecule has 1 aliphatic rings. The van der Waals surface area contributed by atoms with Crippen LogP contribution in [0, 0.1) is 13.8 Å². The number of guanidine groups is 1. The van der Waals surface area contributed by atoms with Crippen LogP contribution in [0.4, 0.5) is 0 Å². The first-order valence-electron chi connectivity index (χ1n) is 5.26. The molecular weight excluding hydrogens is 206 g/mol. The fraction of sp³-hybridized carbons (Fsp3) is 0.500. The van der Waals surface area contributed by atoms with Gasteiger partial charge in [0.1, 0.15) is 6.04 Å². The molecule has 0 aromatic carbocycles. The third kappa shape index (κ3) is 1.66. The van der Waals surface area contributed by atoms with Crippen LogP contribution in [0.25, 0.3) is 0 Å². The van der Waals surface area contributed by atoms with E-state index in [0.29, 0.717) is 12.5 Å². The number of carbonyl (C=O) groups is 1. The third-order valence-electron chi connectivity index (χ3n) is 2.57. The van der Waals surface area contributed by atoms with E-state index in [1.807, 2.05) is 20.8 Å². The zero-order valence-corrected chi connectivity index (χ0v) is 9.59. The fourth-order valence-corrected chi connectivity index (χ4v) is 1.86. The molecule has 1 unspecified atom stereocenters. The maximum Gasteiger partial charge on any atom is 0.254 e. The molecule has 0 saturated carbocycles. The smallest absolute Gasteiger partial charge is 0.254 e. The van der Waals surface area contributed by atoms with Crippen LogP contribution in [0.15, 0.2) is 4.99 Å². The van der Waals surface area contributed by atoms with Crippen LogP contribution < -0.4 is 10.6 Å². The Kier molecular flexibility index (Phi) is 2.64. The molecule has 1 fully saturated rings. The summed E-state index contributed by atoms with van der Waals surface area (Å²) in [4.78, 5) is 15.9. The number of amides is 1. The van der Waals surface area contributed by atoms with Crippen molar-refractivity contribution >= 4 is 11.9 Å². The summed E-state index contributed by atoms with van der Waals surface area (Å²) >= 11 is 0. The molecule has 1 aromatic rings. The SMILES string of the molecule is CCN=C1NC(=O)C(c2c(C)n[nH]c2C)N1. The van der Waals surface area contributed by atoms with Gasteiger partial charge in [-0.1, -0.05) is 0 Å². The van der Waals surface area contributed by atoms with Crippen molar-refractivity contribution in [3.05, 3.63) is 17.0 Å². The van der Waals surface area contributed by atoms with Crippen molar-refractivity contribution < 1.29 is 4.79 Å². The highest BCUT2D eigenvalue weighted by atomic mass is 16.2. The van der Waals surface area contributed by atoms with E-state index in [0.717, 1.165) is 17.0 Å². The van der Waals surface area contributed by atoms with Crippen LogP contribution in [0.2, 0.25) is 0 Å². The quantitative estimate of drug-likeness (QED) is 0.665. The Hall–Kier alpha value is -1.85. The molecule has 0 aliphatic carbocycles. The summed E-state index contributed by atoms with van der Waals surface area (Å²) in [7, 11) is 0. The summed E-state index contributed by atoms with van der Waals surface area (Å²) in [5.41, 5.74) is 2.64. The molecule has 3 N–H and O–H groups in total. The lowest BCUT2D eigenvalue weighted by atomic mass is 10.1. The molecule has 1 atom stereocenters. The first-order chi connectivity index (χ1) is 7.63. The highest BCUT2D eigenvalue weighted by Crippen LogP contribution is 2.21. The summed E-state index contributed by atoms with van der Waals surface area (Å²) in [5.74, 6) is 0.456. The van der Waals surface area contributed by atoms with Crippen LogP contribution in [0.1, 0.15) is 29.9 Å². The van der Waals surface area contributed by atoms with E-state index in [4.69, 9.17) is 0 Å². The van der Waals surface area contributed by atoms with Crippen molar-refractivity contribution in [1.82, 2.24) is 20.8 Å². The maximum atomic E-state index is 11.8. The van der Waals surface area contributed by atoms with E-state index >= 15 is 0 Å². The zero-order valence-electron chi connectivity index (χ0n) is 9.59. The molecular formula is C10H15N5O. The van der Waals surface area contributed by atoms with Gasteiger partial charge in [-0.15, -0.1) is 0 Å². The number of nitrogens with one attached hydrogen (secondary N) is 3. The van der Waals surface area contributed by atoms with Crippen LogP contribution in [-0.2, 0) is 4.79 Å². The molecule has 6 nitrogen and oxygen atoms in total. The Labute approximate surface area is 93.5 Å². The minimum atomic E-state index is -0.385. The second-order valence-corrected chi connectivity index (χ2v) is 3.74. The highest BCUT2D eigenvalue weighted by Gasteiger charge is 2.32. The molecule has 86 valence electrons. The Balaban J connectivity index is 2.30. The Morgan fingerprint density at radius 3 is 2.75 bits per heavy atom. The van der Waals surface area contributed by atoms with Gasteiger partial charge >= 0.3 is 0 Å². The van der Waals surface area contributed by atoms with Gasteiger partial charge in [-0.25, -0.2) is 0 Å². The van der Waals surface area contributed by atoms with Gasteiger partial charge in [0.15, 0.2) is 5.96 Å². The normalized spacial score (nSPS) is 22.3. The molecule has 2 heterocycles. The van der Waals surface area contributed by atoms with Gasteiger partial charge in [-0.3, -0.25) is 20.2 Å². The number of aromatic amines is 1. The van der Waals surface area contributed by atoms with Crippen molar-refractivity contribution in [2.75, 3.05) is 6.54 Å². The molecule has 2 rings (SSSR count). The fourth-order valence-electron chi connectivity index (χ4n) is 1.86. The lowest BCUT2D eigenvalue weighted by molar-refractivity contribution is -0.120. The Morgan fingerprint density at radius 2 is 2.19 bits per heavy atom. The summed E-state index contributed by atoms with van der Waals surface area (Å²) in [6.45, 7) is 6.34. The van der Waals surface area contributed by atoms with E-state index in [1.165, 1.54) is 0 Å². The van der Waals surface area contributed by atoms with Gasteiger partial charge in [-0.2, -0.15) is 5.10 Å². The first kappa shape index (κ1) is 10.7. The van der Waals surface area contributed by atoms with E-state index in [-0.39, 0.29) is 11.9 Å². The molecule has 0 radical (unpaired) electrons. The topological polar surface area (TPSA) is 82.2 Å². The second-order valence-electron chi connectivity index (χ2n) is 3.74. The number of carbonyl (C=O) groups excluding carboxylic acids is 1. The minimum absolute atomic E-state index is 0.0835. The average Bonchev–Trinajstić information content (AvgIpc) is 2.72. The Morgan fingerprint density at radius 1 is 1.44 bits per heavy atom. The molecule has 1 aromatic heterocycles. The third-order valence-corrected chi connectivity index (χ3v) is 2.57. The van der Waals surface area contributed by atoms with Crippen molar-refractivity contribution in [2.24, 2.45) is 4.99 Å². The van der Waals surface area contributed by atoms with Crippen molar-refractivity contribution in [3.8, 4) is 0 Å². The van der Waals surface area contributed by atoms with E-state index in [2.05, 4.69) is 25.8 Å². The zero-order chi connectivity index (χ0) is 11.7. The molecule has 0 spiro atoms. The van der Waals surface area contributed by atoms with Crippen molar-refractivity contribution in [1.29, 1.82) is 0 Å². The first-order valence-corrected chi connectivity index (χ1v) is 5.26. The number of H-pyrrole nitrogens is 1. The van der Waals surface area contributed by atoms with Gasteiger partial charge in [-0.05, 0) is 20.8 Å². The van der Waals surface area contributed by atoms with Crippen LogP contribution in [0.5, 0.6) is 0 Å². The minimum Gasteiger partial charge on any atom is -0.340 e. The summed E-state index contributed by atoms with van der Waals surface area (Å²) in [6.07, 6.45) is 0. The molecule has 1 amide bonds. The molecule has 16 heavy (non-hydrogen) atoms. The van der Waals surface area contributed by atoms with Gasteiger partial charge in [0, 0.05) is 17.8 Å². The maximum absolute atomic E-state index is 11.8. The summed E-state index contributed by atoms with van der Waals surface area (Å²) in [5, 5.41) is 12.7. The molecule has 1 aliphatic heterocycles. The van der Waals surface area contributed by atoms with Gasteiger partial charge < -0.3 is 5.32 Å². The predicted octanol–water partition coefficient (Wildman–Crippen LogP) is 0.163. The van der Waals surface area contributed by atoms with E-state index < -0.39 is 0 Å². The summed E-state index contributed by atoms with van der Waals surface area (Å²) < 4.78 is 0. The lowest BCUT2D eigenvalue weighted by Crippen LogP contribution is -2.25. The standard InChI is InChI=1S/C10H15N5O/c1-4-11-10-12-8(9(16)13-10)7-5(2)14-15-6(7)3/h8H,4H2,1-3H3,(H,14,15)(H2,11,12,13,16). The number of aliphatic imine (C=N–C) groups is 1. The van der Waals surface area contributed by atoms with Crippen molar-refractivity contribution in [3.63, 3.8) is 0 Å². The second kappa shape index (κ2) is 3.96. The Bertz CT molecular complexity index is 429. The van der Waals surface area contributed by atoms with Gasteiger partial charge in [0.05, 0.1) is 5.69 Å². The van der Waals surface area contributed by atoms with Crippen LogP contribution >= 0.6 is 0 Å². The van der Waals surface area contributed by atoms with E-state index in [1.54, 1.807) is 0 Å². The highest BCUT2D eigenvalue weighted by molar-refractivity contribution is 6.06. The number of aromatic nitrogens is 2. The number of hydrogen-bond donors (Lipinski definition) is 3. The largest absolute Gasteiger partial charge is 0.340 e. The van der Waals surface area contributed by atoms with Gasteiger partial charge in [0.25, 0.3) is 5.91 Å². The molecule has 1 saturated heterocycles. The monoisotopic (exact) mass is 221 g/mol. The average molecular weight is 221 g/mol. The summed E-state index contributed by atoms with van der Waals surface area (Å²) in [6, 6.07) is -0.385. The van der Waals surface area contributed by atoms with Gasteiger partial charge in [0.2, 0.25) is 0 Å². The number of hydrogen-bond acceptors (Lipinski definition) is 3. The van der Waals surface area contributed by atoms with Crippen LogP contribution in [0.3, 0.4) is 0 Å². The number of rotatable bonds is 2. The predicted molar refractivity (Wildman–Crippen MR) is 60.1 cm³/mol. The number of aryl methyl sites for hydroxylation is 2. The lowest BCUT2D eigenvalue weighted by Gasteiger charge is -2.07. The van der Waals surface area contributed by atoms with Crippen LogP contribution in [-0.4, -0.2) is 28.6 Å². The molecule has 6 heteroatoms. The van der Waals surface area contributed by atoms with Crippen molar-refractivity contribution in [2.45, 2.75) is 26.8 Å². The molecule has 0 bridgehead atoms. The number of nitrogens with zero attached hydrogens (tertiary/aromatic N) is 2. The van der Waals surface area contributed by atoms with E-state index in [9.17, 15) is 4.79 Å².